The molecule has 0 spiro atoms. The summed E-state index contributed by atoms with van der Waals surface area (Å²) < 4.78 is 5.40. The molecule has 3 rings (SSSR count). The van der Waals surface area contributed by atoms with Crippen molar-refractivity contribution in [3.05, 3.63) is 69.0 Å². The van der Waals surface area contributed by atoms with Crippen LogP contribution in [0.15, 0.2) is 58.6 Å². The molecule has 2 aromatic heterocycles. The highest BCUT2D eigenvalue weighted by Gasteiger charge is 2.18. The molecule has 1 atom stereocenters. The first-order chi connectivity index (χ1) is 11.8. The molecule has 3 aromatic rings. The Morgan fingerprint density at radius 2 is 2.00 bits per heavy atom. The molecule has 1 aromatic carbocycles. The number of hydrogen-bond acceptors (Lipinski definition) is 4. The van der Waals surface area contributed by atoms with Crippen LogP contribution < -0.4 is 15.4 Å². The number of amides is 2. The summed E-state index contributed by atoms with van der Waals surface area (Å²) in [5, 5.41) is 12.0. The number of carbonyl (C=O) groups excluding carboxylic acids is 1. The van der Waals surface area contributed by atoms with E-state index in [0.29, 0.717) is 6.61 Å². The first-order valence-electron chi connectivity index (χ1n) is 7.62. The zero-order chi connectivity index (χ0) is 16.8. The zero-order valence-corrected chi connectivity index (χ0v) is 14.8. The fourth-order valence-corrected chi connectivity index (χ4v) is 3.80. The molecule has 124 valence electrons. The Hall–Kier alpha value is -2.31. The molecule has 0 aliphatic rings. The summed E-state index contributed by atoms with van der Waals surface area (Å²) in [6, 6.07) is 13.0. The van der Waals surface area contributed by atoms with E-state index in [2.05, 4.69) is 16.0 Å². The lowest BCUT2D eigenvalue weighted by Crippen LogP contribution is -2.32. The summed E-state index contributed by atoms with van der Waals surface area (Å²) in [4.78, 5) is 13.5. The second-order valence-corrected chi connectivity index (χ2v) is 6.82. The number of benzene rings is 1. The maximum absolute atomic E-state index is 12.4. The molecule has 0 aliphatic heterocycles. The highest BCUT2D eigenvalue weighted by atomic mass is 32.1. The number of nitrogens with one attached hydrogen (secondary N) is 2. The van der Waals surface area contributed by atoms with Crippen molar-refractivity contribution in [1.29, 1.82) is 0 Å². The molecule has 0 fully saturated rings. The molecule has 2 heterocycles. The minimum Gasteiger partial charge on any atom is -0.494 e. The third-order valence-corrected chi connectivity index (χ3v) is 5.04. The maximum atomic E-state index is 12.4. The van der Waals surface area contributed by atoms with Gasteiger partial charge in [-0.15, -0.1) is 11.3 Å². The molecule has 6 heteroatoms. The number of rotatable bonds is 6. The Bertz CT molecular complexity index is 719. The van der Waals surface area contributed by atoms with Crippen LogP contribution in [-0.2, 0) is 0 Å². The summed E-state index contributed by atoms with van der Waals surface area (Å²) in [5.41, 5.74) is 1.82. The Morgan fingerprint density at radius 1 is 1.17 bits per heavy atom. The number of anilines is 1. The summed E-state index contributed by atoms with van der Waals surface area (Å²) in [5.74, 6) is 0.790. The third-order valence-electron chi connectivity index (χ3n) is 3.40. The van der Waals surface area contributed by atoms with Crippen molar-refractivity contribution in [2.45, 2.75) is 13.0 Å². The van der Waals surface area contributed by atoms with Gasteiger partial charge in [-0.2, -0.15) is 11.3 Å². The van der Waals surface area contributed by atoms with E-state index in [4.69, 9.17) is 4.74 Å². The summed E-state index contributed by atoms with van der Waals surface area (Å²) >= 11 is 3.25. The predicted molar refractivity (Wildman–Crippen MR) is 100 cm³/mol. The van der Waals surface area contributed by atoms with Gasteiger partial charge in [0.2, 0.25) is 0 Å². The van der Waals surface area contributed by atoms with Gasteiger partial charge in [0.05, 0.1) is 12.6 Å². The monoisotopic (exact) mass is 358 g/mol. The van der Waals surface area contributed by atoms with E-state index in [9.17, 15) is 4.79 Å². The molecule has 2 N–H and O–H groups in total. The van der Waals surface area contributed by atoms with Gasteiger partial charge in [-0.1, -0.05) is 6.07 Å². The normalized spacial score (nSPS) is 11.7. The van der Waals surface area contributed by atoms with Crippen molar-refractivity contribution >= 4 is 34.4 Å². The number of hydrogen-bond donors (Lipinski definition) is 2. The van der Waals surface area contributed by atoms with Gasteiger partial charge in [-0.05, 0) is 65.0 Å². The van der Waals surface area contributed by atoms with Crippen LogP contribution in [0, 0.1) is 0 Å². The lowest BCUT2D eigenvalue weighted by molar-refractivity contribution is 0.250. The van der Waals surface area contributed by atoms with Crippen LogP contribution in [0.4, 0.5) is 10.5 Å². The first kappa shape index (κ1) is 16.5. The minimum atomic E-state index is -0.233. The quantitative estimate of drug-likeness (QED) is 0.642. The summed E-state index contributed by atoms with van der Waals surface area (Å²) in [7, 11) is 0. The van der Waals surface area contributed by atoms with Crippen LogP contribution in [0.5, 0.6) is 5.75 Å². The van der Waals surface area contributed by atoms with Crippen molar-refractivity contribution in [1.82, 2.24) is 5.32 Å². The molecule has 24 heavy (non-hydrogen) atoms. The first-order valence-corrected chi connectivity index (χ1v) is 9.44. The van der Waals surface area contributed by atoms with Gasteiger partial charge in [-0.25, -0.2) is 4.79 Å². The van der Waals surface area contributed by atoms with E-state index in [-0.39, 0.29) is 12.1 Å². The second-order valence-electron chi connectivity index (χ2n) is 5.06. The molecule has 2 amide bonds. The van der Waals surface area contributed by atoms with E-state index < -0.39 is 0 Å². The fourth-order valence-electron chi connectivity index (χ4n) is 2.31. The lowest BCUT2D eigenvalue weighted by atomic mass is 10.1. The Balaban J connectivity index is 1.67. The average molecular weight is 358 g/mol. The largest absolute Gasteiger partial charge is 0.494 e. The van der Waals surface area contributed by atoms with Gasteiger partial charge in [-0.3, -0.25) is 0 Å². The van der Waals surface area contributed by atoms with Gasteiger partial charge in [0, 0.05) is 10.6 Å². The van der Waals surface area contributed by atoms with Crippen molar-refractivity contribution in [2.75, 3.05) is 11.9 Å². The predicted octanol–water partition coefficient (Wildman–Crippen LogP) is 5.12. The molecule has 0 aliphatic carbocycles. The topological polar surface area (TPSA) is 50.4 Å². The van der Waals surface area contributed by atoms with Gasteiger partial charge < -0.3 is 15.4 Å². The number of urea groups is 1. The van der Waals surface area contributed by atoms with E-state index in [0.717, 1.165) is 21.9 Å². The summed E-state index contributed by atoms with van der Waals surface area (Å²) in [6.45, 7) is 2.56. The van der Waals surface area contributed by atoms with Crippen LogP contribution in [0.2, 0.25) is 0 Å². The van der Waals surface area contributed by atoms with Crippen LogP contribution in [-0.4, -0.2) is 12.6 Å². The lowest BCUT2D eigenvalue weighted by Gasteiger charge is -2.17. The van der Waals surface area contributed by atoms with E-state index >= 15 is 0 Å². The van der Waals surface area contributed by atoms with Crippen LogP contribution in [0.3, 0.4) is 0 Å². The van der Waals surface area contributed by atoms with Crippen molar-refractivity contribution in [3.63, 3.8) is 0 Å². The SMILES string of the molecule is CCOc1ccc(NC(=O)N[C@@H](c2ccsc2)c2cccs2)cc1. The summed E-state index contributed by atoms with van der Waals surface area (Å²) in [6.07, 6.45) is 0. The minimum absolute atomic E-state index is 0.140. The van der Waals surface area contributed by atoms with Crippen molar-refractivity contribution in [2.24, 2.45) is 0 Å². The van der Waals surface area contributed by atoms with Gasteiger partial charge in [0.1, 0.15) is 5.75 Å². The maximum Gasteiger partial charge on any atom is 0.320 e. The molecule has 0 saturated carbocycles. The van der Waals surface area contributed by atoms with Crippen molar-refractivity contribution in [3.8, 4) is 5.75 Å². The molecule has 0 unspecified atom stereocenters. The fraction of sp³-hybridized carbons (Fsp3) is 0.167. The Morgan fingerprint density at radius 3 is 2.62 bits per heavy atom. The molecule has 0 saturated heterocycles. The molecule has 4 nitrogen and oxygen atoms in total. The van der Waals surface area contributed by atoms with Gasteiger partial charge >= 0.3 is 6.03 Å². The smallest absolute Gasteiger partial charge is 0.320 e. The van der Waals surface area contributed by atoms with Crippen LogP contribution in [0.1, 0.15) is 23.4 Å². The second kappa shape index (κ2) is 7.99. The van der Waals surface area contributed by atoms with Crippen LogP contribution in [0.25, 0.3) is 0 Å². The number of carbonyl (C=O) groups is 1. The molecule has 0 bridgehead atoms. The standard InChI is InChI=1S/C18H18N2O2S2/c1-2-22-15-7-5-14(6-8-15)19-18(21)20-17(13-9-11-23-12-13)16-4-3-10-24-16/h3-12,17H,2H2,1H3,(H2,19,20,21)/t17-/m0/s1. The number of ether oxygens (including phenoxy) is 1. The third kappa shape index (κ3) is 4.15. The van der Waals surface area contributed by atoms with Gasteiger partial charge in [0.25, 0.3) is 0 Å². The Labute approximate surface area is 149 Å². The zero-order valence-electron chi connectivity index (χ0n) is 13.2. The van der Waals surface area contributed by atoms with Gasteiger partial charge in [0.15, 0.2) is 0 Å². The van der Waals surface area contributed by atoms with E-state index in [1.807, 2.05) is 60.1 Å². The van der Waals surface area contributed by atoms with Crippen molar-refractivity contribution < 1.29 is 9.53 Å². The van der Waals surface area contributed by atoms with E-state index in [1.54, 1.807) is 22.7 Å². The Kier molecular flexibility index (Phi) is 5.51. The molecular weight excluding hydrogens is 340 g/mol. The van der Waals surface area contributed by atoms with Crippen LogP contribution >= 0.6 is 22.7 Å². The highest BCUT2D eigenvalue weighted by molar-refractivity contribution is 7.10. The highest BCUT2D eigenvalue weighted by Crippen LogP contribution is 2.27. The molecule has 0 radical (unpaired) electrons. The molecular formula is C18H18N2O2S2. The number of thiophene rings is 2. The van der Waals surface area contributed by atoms with E-state index in [1.165, 1.54) is 0 Å². The average Bonchev–Trinajstić information content (AvgIpc) is 3.29.